The molecule has 0 amide bonds. The van der Waals surface area contributed by atoms with Crippen molar-refractivity contribution in [2.75, 3.05) is 0 Å². The third kappa shape index (κ3) is 3.34. The first-order valence-corrected chi connectivity index (χ1v) is 12.1. The van der Waals surface area contributed by atoms with Gasteiger partial charge in [-0.05, 0) is 47.9 Å². The van der Waals surface area contributed by atoms with Gasteiger partial charge < -0.3 is 9.52 Å². The van der Waals surface area contributed by atoms with Crippen LogP contribution in [0.15, 0.2) is 47.3 Å². The lowest BCUT2D eigenvalue weighted by atomic mass is 9.66. The van der Waals surface area contributed by atoms with Crippen molar-refractivity contribution in [3.05, 3.63) is 77.2 Å². The van der Waals surface area contributed by atoms with Crippen molar-refractivity contribution >= 4 is 0 Å². The number of aliphatic hydroxyl groups excluding tert-OH is 1. The van der Waals surface area contributed by atoms with E-state index >= 15 is 0 Å². The summed E-state index contributed by atoms with van der Waals surface area (Å²) in [5.74, 6) is -4.86. The smallest absolute Gasteiger partial charge is 0.276 e. The molecule has 7 nitrogen and oxygen atoms in total. The highest BCUT2D eigenvalue weighted by atomic mass is 19.3. The number of nitrogens with zero attached hydrogens (tertiary/aromatic N) is 5. The Kier molecular flexibility index (Phi) is 5.26. The standard InChI is InChI=1S/C27H23F4N5O2/c1-25(2)14-7-8-27(25,22-13(14)9-17(35-36-22)21-15(28)5-4-6-16(21)29)20-11-32-10-18(33-20)24-34-19(12-38-24)23(37)26(3,30)31/h4-6,9-12,14,23,37H,7-8H2,1-3H3/t14-,23+,27-/m0/s1. The van der Waals surface area contributed by atoms with E-state index in [4.69, 9.17) is 9.40 Å². The second-order valence-electron chi connectivity index (χ2n) is 10.6. The Morgan fingerprint density at radius 2 is 1.82 bits per heavy atom. The van der Waals surface area contributed by atoms with Gasteiger partial charge in [-0.1, -0.05) is 19.9 Å². The van der Waals surface area contributed by atoms with Crippen LogP contribution in [-0.2, 0) is 5.41 Å². The van der Waals surface area contributed by atoms with Gasteiger partial charge in [-0.25, -0.2) is 27.5 Å². The second-order valence-corrected chi connectivity index (χ2v) is 10.6. The maximum atomic E-state index is 14.5. The van der Waals surface area contributed by atoms with Crippen LogP contribution >= 0.6 is 0 Å². The minimum absolute atomic E-state index is 0.0299. The molecule has 0 unspecified atom stereocenters. The Bertz CT molecular complexity index is 1550. The highest BCUT2D eigenvalue weighted by molar-refractivity contribution is 5.64. The summed E-state index contributed by atoms with van der Waals surface area (Å²) in [6.07, 6.45) is 3.34. The first-order chi connectivity index (χ1) is 17.9. The normalized spacial score (nSPS) is 22.5. The number of alkyl halides is 2. The summed E-state index contributed by atoms with van der Waals surface area (Å²) in [7, 11) is 0. The van der Waals surface area contributed by atoms with Crippen LogP contribution in [0.25, 0.3) is 22.8 Å². The van der Waals surface area contributed by atoms with E-state index in [2.05, 4.69) is 34.0 Å². The number of benzene rings is 1. The Balaban J connectivity index is 1.45. The van der Waals surface area contributed by atoms with Crippen LogP contribution in [-0.4, -0.2) is 36.2 Å². The Morgan fingerprint density at radius 3 is 2.53 bits per heavy atom. The van der Waals surface area contributed by atoms with Crippen molar-refractivity contribution in [3.8, 4) is 22.8 Å². The molecule has 6 rings (SSSR count). The molecule has 2 aliphatic rings. The maximum absolute atomic E-state index is 14.5. The minimum Gasteiger partial charge on any atom is -0.443 e. The molecule has 3 heterocycles. The van der Waals surface area contributed by atoms with Gasteiger partial charge in [-0.2, -0.15) is 5.10 Å². The van der Waals surface area contributed by atoms with Crippen molar-refractivity contribution in [2.24, 2.45) is 5.41 Å². The largest absolute Gasteiger partial charge is 0.443 e. The van der Waals surface area contributed by atoms with Crippen LogP contribution in [0.1, 0.15) is 68.3 Å². The molecule has 1 saturated carbocycles. The molecule has 0 saturated heterocycles. The van der Waals surface area contributed by atoms with E-state index in [1.807, 2.05) is 0 Å². The molecule has 2 aliphatic carbocycles. The van der Waals surface area contributed by atoms with E-state index in [-0.39, 0.29) is 34.5 Å². The second kappa shape index (κ2) is 8.13. The van der Waals surface area contributed by atoms with Gasteiger partial charge in [0.25, 0.3) is 5.92 Å². The molecular formula is C27H23F4N5O2. The van der Waals surface area contributed by atoms with Gasteiger partial charge in [0.15, 0.2) is 6.10 Å². The van der Waals surface area contributed by atoms with E-state index in [0.29, 0.717) is 24.7 Å². The van der Waals surface area contributed by atoms with Crippen molar-refractivity contribution in [1.29, 1.82) is 0 Å². The van der Waals surface area contributed by atoms with Crippen LogP contribution in [0.3, 0.4) is 0 Å². The van der Waals surface area contributed by atoms with Crippen molar-refractivity contribution < 1.29 is 27.1 Å². The number of rotatable bonds is 5. The zero-order valence-corrected chi connectivity index (χ0v) is 20.7. The van der Waals surface area contributed by atoms with Gasteiger partial charge in [0.1, 0.15) is 29.3 Å². The molecule has 196 valence electrons. The minimum atomic E-state index is -3.40. The van der Waals surface area contributed by atoms with Gasteiger partial charge >= 0.3 is 0 Å². The summed E-state index contributed by atoms with van der Waals surface area (Å²) in [6, 6.07) is 5.37. The average Bonchev–Trinajstić information content (AvgIpc) is 3.51. The summed E-state index contributed by atoms with van der Waals surface area (Å²) < 4.78 is 61.5. The molecule has 11 heteroatoms. The number of hydrogen-bond donors (Lipinski definition) is 1. The van der Waals surface area contributed by atoms with Crippen LogP contribution in [0.4, 0.5) is 17.6 Å². The SMILES string of the molecule is CC(F)(F)[C@H](O)c1coc(-c2cncc([C@@]34CC[C@@H](c5cc(-c6c(F)cccc6F)nnc53)C4(C)C)n2)n1. The quantitative estimate of drug-likeness (QED) is 0.331. The fourth-order valence-electron chi connectivity index (χ4n) is 6.22. The van der Waals surface area contributed by atoms with Gasteiger partial charge in [0, 0.05) is 13.1 Å². The molecule has 1 fully saturated rings. The molecular weight excluding hydrogens is 502 g/mol. The highest BCUT2D eigenvalue weighted by Crippen LogP contribution is 2.69. The lowest BCUT2D eigenvalue weighted by Crippen LogP contribution is -2.38. The number of fused-ring (bicyclic) bond motifs is 5. The molecule has 0 aliphatic heterocycles. The molecule has 3 aromatic heterocycles. The van der Waals surface area contributed by atoms with E-state index in [9.17, 15) is 22.7 Å². The van der Waals surface area contributed by atoms with Crippen molar-refractivity contribution in [1.82, 2.24) is 25.1 Å². The number of oxazole rings is 1. The molecule has 2 bridgehead atoms. The zero-order valence-electron chi connectivity index (χ0n) is 20.7. The zero-order chi connectivity index (χ0) is 27.0. The third-order valence-corrected chi connectivity index (χ3v) is 8.17. The number of hydrogen-bond acceptors (Lipinski definition) is 7. The number of halogens is 4. The summed E-state index contributed by atoms with van der Waals surface area (Å²) in [4.78, 5) is 13.1. The molecule has 3 atom stereocenters. The summed E-state index contributed by atoms with van der Waals surface area (Å²) in [5, 5.41) is 18.6. The Morgan fingerprint density at radius 1 is 1.08 bits per heavy atom. The van der Waals surface area contributed by atoms with Crippen LogP contribution < -0.4 is 0 Å². The maximum Gasteiger partial charge on any atom is 0.276 e. The van der Waals surface area contributed by atoms with E-state index in [1.165, 1.54) is 24.4 Å². The van der Waals surface area contributed by atoms with Crippen LogP contribution in [0.5, 0.6) is 0 Å². The average molecular weight is 526 g/mol. The molecule has 0 spiro atoms. The predicted octanol–water partition coefficient (Wildman–Crippen LogP) is 5.76. The molecule has 1 N–H and O–H groups in total. The first-order valence-electron chi connectivity index (χ1n) is 12.1. The molecule has 0 radical (unpaired) electrons. The predicted molar refractivity (Wildman–Crippen MR) is 127 cm³/mol. The monoisotopic (exact) mass is 525 g/mol. The van der Waals surface area contributed by atoms with Crippen LogP contribution in [0.2, 0.25) is 0 Å². The van der Waals surface area contributed by atoms with Gasteiger partial charge in [-0.3, -0.25) is 4.98 Å². The Hall–Kier alpha value is -3.73. The number of aromatic nitrogens is 5. The van der Waals surface area contributed by atoms with E-state index in [0.717, 1.165) is 18.2 Å². The summed E-state index contributed by atoms with van der Waals surface area (Å²) in [6.45, 7) is 4.77. The lowest BCUT2D eigenvalue weighted by molar-refractivity contribution is -0.0972. The first kappa shape index (κ1) is 24.6. The summed E-state index contributed by atoms with van der Waals surface area (Å²) >= 11 is 0. The van der Waals surface area contributed by atoms with Crippen molar-refractivity contribution in [3.63, 3.8) is 0 Å². The summed E-state index contributed by atoms with van der Waals surface area (Å²) in [5.41, 5.74) is 0.779. The lowest BCUT2D eigenvalue weighted by Gasteiger charge is -2.37. The van der Waals surface area contributed by atoms with Gasteiger partial charge in [0.2, 0.25) is 5.89 Å². The molecule has 4 aromatic rings. The topological polar surface area (TPSA) is 97.8 Å². The van der Waals surface area contributed by atoms with Crippen molar-refractivity contribution in [2.45, 2.75) is 57.0 Å². The molecule has 38 heavy (non-hydrogen) atoms. The Labute approximate surface area is 215 Å². The fourth-order valence-corrected chi connectivity index (χ4v) is 6.22. The van der Waals surface area contributed by atoms with E-state index < -0.39 is 34.5 Å². The van der Waals surface area contributed by atoms with Crippen LogP contribution in [0, 0.1) is 17.0 Å². The molecule has 1 aromatic carbocycles. The van der Waals surface area contributed by atoms with E-state index in [1.54, 1.807) is 12.3 Å². The fraction of sp³-hybridized carbons (Fsp3) is 0.370. The number of aliphatic hydroxyl groups is 1. The highest BCUT2D eigenvalue weighted by Gasteiger charge is 2.65. The van der Waals surface area contributed by atoms with Gasteiger partial charge in [-0.15, -0.1) is 5.10 Å². The van der Waals surface area contributed by atoms with Gasteiger partial charge in [0.05, 0.1) is 34.3 Å². The third-order valence-electron chi connectivity index (χ3n) is 8.17.